The van der Waals surface area contributed by atoms with Crippen molar-refractivity contribution in [3.63, 3.8) is 0 Å². The number of halogens is 3. The number of alkyl halides is 3. The highest BCUT2D eigenvalue weighted by molar-refractivity contribution is 6.02. The van der Waals surface area contributed by atoms with Crippen molar-refractivity contribution in [1.82, 2.24) is 19.9 Å². The van der Waals surface area contributed by atoms with E-state index in [4.69, 9.17) is 15.0 Å². The van der Waals surface area contributed by atoms with Crippen LogP contribution in [-0.2, 0) is 4.79 Å². The first-order chi connectivity index (χ1) is 13.3. The fraction of sp³-hybridized carbons (Fsp3) is 0.235. The van der Waals surface area contributed by atoms with Gasteiger partial charge in [0.15, 0.2) is 0 Å². The molecule has 8 nitrogen and oxygen atoms in total. The highest BCUT2D eigenvalue weighted by Crippen LogP contribution is 2.24. The molecular weight excluding hydrogens is 381 g/mol. The fourth-order valence-corrected chi connectivity index (χ4v) is 2.32. The summed E-state index contributed by atoms with van der Waals surface area (Å²) < 4.78 is 33.7. The number of amides is 1. The molecule has 3 heterocycles. The molecule has 0 saturated heterocycles. The molecule has 150 valence electrons. The molecule has 3 aromatic heterocycles. The number of carbonyl (C=O) groups excluding carboxylic acids is 1. The van der Waals surface area contributed by atoms with Crippen LogP contribution in [0.4, 0.5) is 13.2 Å². The topological polar surface area (TPSA) is 120 Å². The maximum absolute atomic E-state index is 12.3. The summed E-state index contributed by atoms with van der Waals surface area (Å²) in [5, 5.41) is 25.6. The number of nitrogens with zero attached hydrogens (tertiary/aromatic N) is 2. The zero-order valence-electron chi connectivity index (χ0n) is 14.4. The summed E-state index contributed by atoms with van der Waals surface area (Å²) in [4.78, 5) is 21.2. The lowest BCUT2D eigenvalue weighted by Gasteiger charge is -2.03. The molecule has 0 aliphatic rings. The number of carboxylic acids is 1. The number of aromatic nitrogens is 3. The Labute approximate surface area is 156 Å². The second-order valence-electron chi connectivity index (χ2n) is 5.51. The lowest BCUT2D eigenvalue weighted by molar-refractivity contribution is -0.192. The van der Waals surface area contributed by atoms with Crippen molar-refractivity contribution in [2.24, 2.45) is 0 Å². The predicted molar refractivity (Wildman–Crippen MR) is 92.7 cm³/mol. The van der Waals surface area contributed by atoms with E-state index in [0.29, 0.717) is 18.5 Å². The maximum Gasteiger partial charge on any atom is 0.490 e. The summed E-state index contributed by atoms with van der Waals surface area (Å²) in [6.45, 7) is 0.523. The van der Waals surface area contributed by atoms with Crippen LogP contribution in [0.3, 0.4) is 0 Å². The summed E-state index contributed by atoms with van der Waals surface area (Å²) in [5.41, 5.74) is 3.18. The summed E-state index contributed by atoms with van der Waals surface area (Å²) in [6.07, 6.45) is -0.945. The summed E-state index contributed by atoms with van der Waals surface area (Å²) in [7, 11) is 0. The third-order valence-corrected chi connectivity index (χ3v) is 3.56. The van der Waals surface area contributed by atoms with Crippen LogP contribution < -0.4 is 5.32 Å². The Kier molecular flexibility index (Phi) is 6.77. The van der Waals surface area contributed by atoms with Gasteiger partial charge >= 0.3 is 12.1 Å². The average Bonchev–Trinajstić information content (AvgIpc) is 3.29. The van der Waals surface area contributed by atoms with Crippen molar-refractivity contribution in [1.29, 1.82) is 0 Å². The van der Waals surface area contributed by atoms with Crippen LogP contribution in [0.15, 0.2) is 42.7 Å². The third-order valence-electron chi connectivity index (χ3n) is 3.56. The fourth-order valence-electron chi connectivity index (χ4n) is 2.32. The first kappa shape index (κ1) is 21.0. The molecular formula is C17H17F3N4O4. The van der Waals surface area contributed by atoms with E-state index in [9.17, 15) is 18.0 Å². The molecule has 3 aromatic rings. The third kappa shape index (κ3) is 5.10. The Morgan fingerprint density at radius 1 is 1.25 bits per heavy atom. The number of H-pyrrole nitrogens is 1. The minimum atomic E-state index is -5.08. The number of pyridine rings is 1. The Balaban J connectivity index is 0.000000345. The number of hydrogen-bond acceptors (Lipinski definition) is 4. The summed E-state index contributed by atoms with van der Waals surface area (Å²) >= 11 is 0. The maximum atomic E-state index is 12.3. The SMILES string of the molecule is O=C(NCCCO)c1cc(-c2ccn[nH]2)n2ccccc12.O=C(O)C(F)(F)F. The molecule has 28 heavy (non-hydrogen) atoms. The quantitative estimate of drug-likeness (QED) is 0.491. The van der Waals surface area contributed by atoms with E-state index in [0.717, 1.165) is 16.9 Å². The molecule has 0 saturated carbocycles. The van der Waals surface area contributed by atoms with Crippen molar-refractivity contribution in [3.05, 3.63) is 48.3 Å². The average molecular weight is 398 g/mol. The minimum absolute atomic E-state index is 0.0657. The van der Waals surface area contributed by atoms with E-state index in [1.165, 1.54) is 0 Å². The largest absolute Gasteiger partial charge is 0.490 e. The van der Waals surface area contributed by atoms with Gasteiger partial charge in [-0.05, 0) is 30.7 Å². The van der Waals surface area contributed by atoms with Crippen LogP contribution in [0.25, 0.3) is 16.9 Å². The van der Waals surface area contributed by atoms with Crippen LogP contribution >= 0.6 is 0 Å². The van der Waals surface area contributed by atoms with Gasteiger partial charge in [0.05, 0.1) is 22.5 Å². The molecule has 11 heteroatoms. The van der Waals surface area contributed by atoms with E-state index >= 15 is 0 Å². The molecule has 0 aromatic carbocycles. The van der Waals surface area contributed by atoms with Gasteiger partial charge in [0, 0.05) is 25.5 Å². The Bertz CT molecular complexity index is 936. The minimum Gasteiger partial charge on any atom is -0.475 e. The van der Waals surface area contributed by atoms with Crippen molar-refractivity contribution in [2.45, 2.75) is 12.6 Å². The zero-order chi connectivity index (χ0) is 20.7. The van der Waals surface area contributed by atoms with Crippen molar-refractivity contribution in [3.8, 4) is 11.4 Å². The Hall–Kier alpha value is -3.34. The molecule has 0 spiro atoms. The van der Waals surface area contributed by atoms with E-state index < -0.39 is 12.1 Å². The van der Waals surface area contributed by atoms with Crippen molar-refractivity contribution >= 4 is 17.4 Å². The van der Waals surface area contributed by atoms with Gasteiger partial charge in [-0.2, -0.15) is 18.3 Å². The Morgan fingerprint density at radius 3 is 2.54 bits per heavy atom. The first-order valence-corrected chi connectivity index (χ1v) is 8.04. The number of carboxylic acid groups (broad SMARTS) is 1. The monoisotopic (exact) mass is 398 g/mol. The van der Waals surface area contributed by atoms with Gasteiger partial charge in [-0.15, -0.1) is 0 Å². The van der Waals surface area contributed by atoms with Gasteiger partial charge in [-0.3, -0.25) is 9.89 Å². The number of hydrogen-bond donors (Lipinski definition) is 4. The molecule has 0 fully saturated rings. The summed E-state index contributed by atoms with van der Waals surface area (Å²) in [6, 6.07) is 9.43. The lowest BCUT2D eigenvalue weighted by Crippen LogP contribution is -2.24. The molecule has 3 rings (SSSR count). The molecule has 0 radical (unpaired) electrons. The van der Waals surface area contributed by atoms with Gasteiger partial charge in [0.25, 0.3) is 5.91 Å². The molecule has 0 aliphatic carbocycles. The van der Waals surface area contributed by atoms with Crippen LogP contribution in [0.5, 0.6) is 0 Å². The van der Waals surface area contributed by atoms with Crippen LogP contribution in [-0.4, -0.2) is 56.0 Å². The van der Waals surface area contributed by atoms with E-state index in [1.807, 2.05) is 40.9 Å². The highest BCUT2D eigenvalue weighted by atomic mass is 19.4. The normalized spacial score (nSPS) is 11.0. The standard InChI is InChI=1S/C15H16N4O2.C2HF3O2/c20-9-3-6-16-15(21)11-10-14(12-5-7-17-18-12)19-8-2-1-4-13(11)19;3-2(4,5)1(6)7/h1-2,4-5,7-8,10,20H,3,6,9H2,(H,16,21)(H,17,18);(H,6,7). The van der Waals surface area contributed by atoms with E-state index in [2.05, 4.69) is 15.5 Å². The van der Waals surface area contributed by atoms with Crippen LogP contribution in [0, 0.1) is 0 Å². The number of carbonyl (C=O) groups is 2. The Morgan fingerprint density at radius 2 is 1.96 bits per heavy atom. The number of rotatable bonds is 5. The molecule has 0 atom stereocenters. The number of fused-ring (bicyclic) bond motifs is 1. The number of aromatic amines is 1. The van der Waals surface area contributed by atoms with E-state index in [1.54, 1.807) is 6.20 Å². The van der Waals surface area contributed by atoms with Crippen LogP contribution in [0.2, 0.25) is 0 Å². The second-order valence-corrected chi connectivity index (χ2v) is 5.51. The van der Waals surface area contributed by atoms with Crippen LogP contribution in [0.1, 0.15) is 16.8 Å². The molecule has 0 bridgehead atoms. The lowest BCUT2D eigenvalue weighted by atomic mass is 10.2. The summed E-state index contributed by atoms with van der Waals surface area (Å²) in [5.74, 6) is -2.90. The number of aliphatic hydroxyl groups excluding tert-OH is 1. The predicted octanol–water partition coefficient (Wildman–Crippen LogP) is 2.07. The smallest absolute Gasteiger partial charge is 0.475 e. The van der Waals surface area contributed by atoms with Gasteiger partial charge in [0.2, 0.25) is 0 Å². The first-order valence-electron chi connectivity index (χ1n) is 8.04. The van der Waals surface area contributed by atoms with Gasteiger partial charge in [0.1, 0.15) is 0 Å². The second kappa shape index (κ2) is 9.04. The van der Waals surface area contributed by atoms with Gasteiger partial charge in [-0.25, -0.2) is 4.79 Å². The zero-order valence-corrected chi connectivity index (χ0v) is 14.4. The van der Waals surface area contributed by atoms with E-state index in [-0.39, 0.29) is 12.5 Å². The molecule has 4 N–H and O–H groups in total. The molecule has 0 aliphatic heterocycles. The van der Waals surface area contributed by atoms with Gasteiger partial charge < -0.3 is 19.9 Å². The molecule has 0 unspecified atom stereocenters. The van der Waals surface area contributed by atoms with Crippen molar-refractivity contribution < 1.29 is 33.0 Å². The highest BCUT2D eigenvalue weighted by Gasteiger charge is 2.38. The number of nitrogens with one attached hydrogen (secondary N) is 2. The molecule has 1 amide bonds. The van der Waals surface area contributed by atoms with Gasteiger partial charge in [-0.1, -0.05) is 6.07 Å². The number of aliphatic hydroxyl groups is 1. The number of aliphatic carboxylic acids is 1. The van der Waals surface area contributed by atoms with Crippen molar-refractivity contribution in [2.75, 3.05) is 13.2 Å².